The Morgan fingerprint density at radius 1 is 1.50 bits per heavy atom. The Morgan fingerprint density at radius 3 is 2.71 bits per heavy atom. The van der Waals surface area contributed by atoms with E-state index in [1.807, 2.05) is 0 Å². The highest BCUT2D eigenvalue weighted by atomic mass is 16.1. The Bertz CT molecular complexity index is 188. The van der Waals surface area contributed by atoms with Crippen LogP contribution in [-0.2, 0) is 4.79 Å². The van der Waals surface area contributed by atoms with Gasteiger partial charge in [0.15, 0.2) is 0 Å². The highest BCUT2D eigenvalue weighted by Crippen LogP contribution is 2.47. The molecule has 1 rings (SSSR count). The SMILES string of the molecule is CCCCC(=O)NCC1(CCN)CC1. The van der Waals surface area contributed by atoms with Crippen LogP contribution in [0.15, 0.2) is 0 Å². The Kier molecular flexibility index (Phi) is 4.39. The van der Waals surface area contributed by atoms with Gasteiger partial charge in [0.25, 0.3) is 0 Å². The van der Waals surface area contributed by atoms with E-state index in [0.717, 1.165) is 32.4 Å². The normalized spacial score (nSPS) is 17.9. The zero-order valence-corrected chi connectivity index (χ0v) is 9.14. The monoisotopic (exact) mass is 198 g/mol. The molecule has 0 spiro atoms. The van der Waals surface area contributed by atoms with Crippen molar-refractivity contribution in [1.82, 2.24) is 5.32 Å². The fourth-order valence-electron chi connectivity index (χ4n) is 1.71. The number of rotatable bonds is 7. The molecule has 0 heterocycles. The number of carbonyl (C=O) groups is 1. The van der Waals surface area contributed by atoms with Gasteiger partial charge < -0.3 is 11.1 Å². The summed E-state index contributed by atoms with van der Waals surface area (Å²) in [5, 5.41) is 3.01. The number of nitrogens with two attached hydrogens (primary N) is 1. The molecule has 3 N–H and O–H groups in total. The van der Waals surface area contributed by atoms with Gasteiger partial charge in [0.2, 0.25) is 5.91 Å². The lowest BCUT2D eigenvalue weighted by Gasteiger charge is -2.14. The van der Waals surface area contributed by atoms with Crippen LogP contribution < -0.4 is 11.1 Å². The second kappa shape index (κ2) is 5.35. The minimum Gasteiger partial charge on any atom is -0.356 e. The van der Waals surface area contributed by atoms with E-state index in [4.69, 9.17) is 5.73 Å². The number of hydrogen-bond donors (Lipinski definition) is 2. The second-order valence-electron chi connectivity index (χ2n) is 4.42. The van der Waals surface area contributed by atoms with E-state index in [1.165, 1.54) is 12.8 Å². The van der Waals surface area contributed by atoms with Crippen LogP contribution in [0.5, 0.6) is 0 Å². The molecule has 0 bridgehead atoms. The summed E-state index contributed by atoms with van der Waals surface area (Å²) in [7, 11) is 0. The largest absolute Gasteiger partial charge is 0.356 e. The topological polar surface area (TPSA) is 55.1 Å². The molecule has 82 valence electrons. The van der Waals surface area contributed by atoms with Gasteiger partial charge >= 0.3 is 0 Å². The first kappa shape index (κ1) is 11.5. The summed E-state index contributed by atoms with van der Waals surface area (Å²) in [6.07, 6.45) is 6.28. The molecule has 1 aliphatic rings. The Hall–Kier alpha value is -0.570. The van der Waals surface area contributed by atoms with Crippen molar-refractivity contribution in [2.75, 3.05) is 13.1 Å². The molecular weight excluding hydrogens is 176 g/mol. The highest BCUT2D eigenvalue weighted by molar-refractivity contribution is 5.75. The fraction of sp³-hybridized carbons (Fsp3) is 0.909. The van der Waals surface area contributed by atoms with Crippen molar-refractivity contribution in [1.29, 1.82) is 0 Å². The summed E-state index contributed by atoms with van der Waals surface area (Å²) < 4.78 is 0. The molecule has 0 aromatic carbocycles. The van der Waals surface area contributed by atoms with Gasteiger partial charge in [-0.25, -0.2) is 0 Å². The van der Waals surface area contributed by atoms with Crippen LogP contribution in [0.4, 0.5) is 0 Å². The van der Waals surface area contributed by atoms with Crippen LogP contribution in [0.1, 0.15) is 45.4 Å². The maximum absolute atomic E-state index is 11.3. The molecule has 0 aromatic heterocycles. The number of carbonyl (C=O) groups excluding carboxylic acids is 1. The molecule has 0 aromatic rings. The molecule has 0 atom stereocenters. The molecule has 1 fully saturated rings. The first-order chi connectivity index (χ1) is 6.72. The third-order valence-corrected chi connectivity index (χ3v) is 3.05. The molecule has 1 saturated carbocycles. The average Bonchev–Trinajstić information content (AvgIpc) is 2.93. The van der Waals surface area contributed by atoms with Gasteiger partial charge in [-0.15, -0.1) is 0 Å². The van der Waals surface area contributed by atoms with Gasteiger partial charge in [-0.05, 0) is 37.6 Å². The second-order valence-corrected chi connectivity index (χ2v) is 4.42. The molecule has 1 aliphatic carbocycles. The number of hydrogen-bond acceptors (Lipinski definition) is 2. The molecule has 0 aliphatic heterocycles. The van der Waals surface area contributed by atoms with Gasteiger partial charge in [-0.3, -0.25) is 4.79 Å². The van der Waals surface area contributed by atoms with E-state index in [9.17, 15) is 4.79 Å². The zero-order chi connectivity index (χ0) is 10.4. The quantitative estimate of drug-likeness (QED) is 0.650. The third-order valence-electron chi connectivity index (χ3n) is 3.05. The van der Waals surface area contributed by atoms with Crippen LogP contribution in [0, 0.1) is 5.41 Å². The maximum atomic E-state index is 11.3. The lowest BCUT2D eigenvalue weighted by Crippen LogP contribution is -2.31. The van der Waals surface area contributed by atoms with Crippen molar-refractivity contribution >= 4 is 5.91 Å². The number of nitrogens with one attached hydrogen (secondary N) is 1. The summed E-state index contributed by atoms with van der Waals surface area (Å²) in [6, 6.07) is 0. The maximum Gasteiger partial charge on any atom is 0.220 e. The summed E-state index contributed by atoms with van der Waals surface area (Å²) in [6.45, 7) is 3.68. The van der Waals surface area contributed by atoms with E-state index in [0.29, 0.717) is 11.8 Å². The molecular formula is C11H22N2O. The van der Waals surface area contributed by atoms with Crippen molar-refractivity contribution < 1.29 is 4.79 Å². The van der Waals surface area contributed by atoms with E-state index in [2.05, 4.69) is 12.2 Å². The lowest BCUT2D eigenvalue weighted by atomic mass is 10.0. The number of unbranched alkanes of at least 4 members (excludes halogenated alkanes) is 1. The van der Waals surface area contributed by atoms with Gasteiger partial charge in [-0.2, -0.15) is 0 Å². The van der Waals surface area contributed by atoms with Gasteiger partial charge in [0, 0.05) is 13.0 Å². The van der Waals surface area contributed by atoms with Crippen molar-refractivity contribution in [3.05, 3.63) is 0 Å². The minimum absolute atomic E-state index is 0.204. The van der Waals surface area contributed by atoms with E-state index in [-0.39, 0.29) is 5.91 Å². The lowest BCUT2D eigenvalue weighted by molar-refractivity contribution is -0.121. The number of amides is 1. The fourth-order valence-corrected chi connectivity index (χ4v) is 1.71. The summed E-state index contributed by atoms with van der Waals surface area (Å²) in [4.78, 5) is 11.3. The predicted octanol–water partition coefficient (Wildman–Crippen LogP) is 1.42. The minimum atomic E-state index is 0.204. The summed E-state index contributed by atoms with van der Waals surface area (Å²) in [5.74, 6) is 0.204. The van der Waals surface area contributed by atoms with Crippen LogP contribution in [0.25, 0.3) is 0 Å². The van der Waals surface area contributed by atoms with Crippen LogP contribution in [-0.4, -0.2) is 19.0 Å². The molecule has 0 saturated heterocycles. The van der Waals surface area contributed by atoms with Crippen molar-refractivity contribution in [3.63, 3.8) is 0 Å². The first-order valence-corrected chi connectivity index (χ1v) is 5.69. The van der Waals surface area contributed by atoms with Gasteiger partial charge in [0.05, 0.1) is 0 Å². The molecule has 0 radical (unpaired) electrons. The van der Waals surface area contributed by atoms with Crippen LogP contribution in [0.2, 0.25) is 0 Å². The Morgan fingerprint density at radius 2 is 2.21 bits per heavy atom. The Balaban J connectivity index is 2.10. The molecule has 14 heavy (non-hydrogen) atoms. The van der Waals surface area contributed by atoms with E-state index >= 15 is 0 Å². The molecule has 0 unspecified atom stereocenters. The molecule has 1 amide bonds. The standard InChI is InChI=1S/C11H22N2O/c1-2-3-4-10(14)13-9-11(5-6-11)7-8-12/h2-9,12H2,1H3,(H,13,14). The molecule has 3 nitrogen and oxygen atoms in total. The van der Waals surface area contributed by atoms with E-state index < -0.39 is 0 Å². The van der Waals surface area contributed by atoms with Gasteiger partial charge in [-0.1, -0.05) is 13.3 Å². The summed E-state index contributed by atoms with van der Waals surface area (Å²) >= 11 is 0. The van der Waals surface area contributed by atoms with Crippen LogP contribution in [0.3, 0.4) is 0 Å². The predicted molar refractivity (Wildman–Crippen MR) is 57.9 cm³/mol. The third kappa shape index (κ3) is 3.66. The van der Waals surface area contributed by atoms with Gasteiger partial charge in [0.1, 0.15) is 0 Å². The Labute approximate surface area is 86.4 Å². The molecule has 3 heteroatoms. The van der Waals surface area contributed by atoms with Crippen LogP contribution >= 0.6 is 0 Å². The average molecular weight is 198 g/mol. The smallest absolute Gasteiger partial charge is 0.220 e. The summed E-state index contributed by atoms with van der Waals surface area (Å²) in [5.41, 5.74) is 5.90. The van der Waals surface area contributed by atoms with E-state index in [1.54, 1.807) is 0 Å². The van der Waals surface area contributed by atoms with Crippen molar-refractivity contribution in [2.45, 2.75) is 45.4 Å². The zero-order valence-electron chi connectivity index (χ0n) is 9.14. The van der Waals surface area contributed by atoms with Crippen molar-refractivity contribution in [2.24, 2.45) is 11.1 Å². The van der Waals surface area contributed by atoms with Crippen molar-refractivity contribution in [3.8, 4) is 0 Å². The highest BCUT2D eigenvalue weighted by Gasteiger charge is 2.41. The first-order valence-electron chi connectivity index (χ1n) is 5.69.